The lowest BCUT2D eigenvalue weighted by molar-refractivity contribution is -0.122. The van der Waals surface area contributed by atoms with E-state index in [1.54, 1.807) is 0 Å². The molecule has 27 heavy (non-hydrogen) atoms. The minimum Gasteiger partial charge on any atom is -0.380 e. The number of amides is 1. The maximum absolute atomic E-state index is 14.4. The SMILES string of the molecule is NC(=O)C1CCC(Nc2ncc(F)c(-c3cccc(C4COC4)c3)n2)CC1. The highest BCUT2D eigenvalue weighted by Gasteiger charge is 2.25. The Hall–Kier alpha value is -2.54. The fourth-order valence-corrected chi connectivity index (χ4v) is 3.71. The third-order valence-corrected chi connectivity index (χ3v) is 5.48. The largest absolute Gasteiger partial charge is 0.380 e. The molecule has 1 amide bonds. The van der Waals surface area contributed by atoms with Crippen LogP contribution in [-0.4, -0.2) is 35.1 Å². The number of hydrogen-bond donors (Lipinski definition) is 2. The Morgan fingerprint density at radius 3 is 2.67 bits per heavy atom. The van der Waals surface area contributed by atoms with Gasteiger partial charge in [0.1, 0.15) is 5.69 Å². The fraction of sp³-hybridized carbons (Fsp3) is 0.450. The zero-order chi connectivity index (χ0) is 18.8. The van der Waals surface area contributed by atoms with E-state index in [1.165, 1.54) is 6.20 Å². The number of nitrogens with two attached hydrogens (primary N) is 1. The van der Waals surface area contributed by atoms with Crippen LogP contribution >= 0.6 is 0 Å². The normalized spacial score (nSPS) is 22.9. The van der Waals surface area contributed by atoms with E-state index in [-0.39, 0.29) is 17.9 Å². The highest BCUT2D eigenvalue weighted by atomic mass is 19.1. The van der Waals surface area contributed by atoms with E-state index < -0.39 is 5.82 Å². The molecule has 1 aromatic heterocycles. The van der Waals surface area contributed by atoms with Crippen molar-refractivity contribution in [3.63, 3.8) is 0 Å². The van der Waals surface area contributed by atoms with Gasteiger partial charge < -0.3 is 15.8 Å². The zero-order valence-electron chi connectivity index (χ0n) is 15.0. The van der Waals surface area contributed by atoms with Crippen LogP contribution < -0.4 is 11.1 Å². The first-order valence-corrected chi connectivity index (χ1v) is 9.36. The van der Waals surface area contributed by atoms with Crippen LogP contribution in [0.5, 0.6) is 0 Å². The lowest BCUT2D eigenvalue weighted by atomic mass is 9.86. The van der Waals surface area contributed by atoms with Gasteiger partial charge in [-0.25, -0.2) is 14.4 Å². The summed E-state index contributed by atoms with van der Waals surface area (Å²) in [4.78, 5) is 19.8. The molecule has 0 bridgehead atoms. The molecule has 3 N–H and O–H groups in total. The summed E-state index contributed by atoms with van der Waals surface area (Å²) in [5.41, 5.74) is 7.54. The molecule has 1 saturated carbocycles. The quantitative estimate of drug-likeness (QED) is 0.845. The van der Waals surface area contributed by atoms with Gasteiger partial charge in [0.25, 0.3) is 0 Å². The molecule has 0 radical (unpaired) electrons. The van der Waals surface area contributed by atoms with Gasteiger partial charge in [-0.1, -0.05) is 18.2 Å². The highest BCUT2D eigenvalue weighted by Crippen LogP contribution is 2.30. The first-order valence-electron chi connectivity index (χ1n) is 9.36. The summed E-state index contributed by atoms with van der Waals surface area (Å²) in [5, 5.41) is 3.28. The minimum atomic E-state index is -0.444. The summed E-state index contributed by atoms with van der Waals surface area (Å²) in [7, 11) is 0. The van der Waals surface area contributed by atoms with Crippen LogP contribution in [-0.2, 0) is 9.53 Å². The van der Waals surface area contributed by atoms with E-state index in [1.807, 2.05) is 24.3 Å². The summed E-state index contributed by atoms with van der Waals surface area (Å²) < 4.78 is 19.6. The van der Waals surface area contributed by atoms with Crippen LogP contribution in [0.15, 0.2) is 30.5 Å². The number of benzene rings is 1. The Kier molecular flexibility index (Phi) is 5.03. The molecule has 2 aromatic rings. The molecule has 142 valence electrons. The van der Waals surface area contributed by atoms with Crippen molar-refractivity contribution in [1.29, 1.82) is 0 Å². The maximum Gasteiger partial charge on any atom is 0.223 e. The van der Waals surface area contributed by atoms with E-state index in [2.05, 4.69) is 15.3 Å². The van der Waals surface area contributed by atoms with Gasteiger partial charge in [-0.3, -0.25) is 4.79 Å². The number of hydrogen-bond acceptors (Lipinski definition) is 5. The maximum atomic E-state index is 14.4. The van der Waals surface area contributed by atoms with Crippen molar-refractivity contribution in [3.05, 3.63) is 41.8 Å². The van der Waals surface area contributed by atoms with Crippen LogP contribution in [0.2, 0.25) is 0 Å². The number of anilines is 1. The Morgan fingerprint density at radius 1 is 1.22 bits per heavy atom. The summed E-state index contributed by atoms with van der Waals surface area (Å²) in [5.74, 6) is 0.0515. The third-order valence-electron chi connectivity index (χ3n) is 5.48. The summed E-state index contributed by atoms with van der Waals surface area (Å²) in [6.45, 7) is 1.41. The third kappa shape index (κ3) is 3.93. The van der Waals surface area contributed by atoms with E-state index >= 15 is 0 Å². The number of nitrogens with one attached hydrogen (secondary N) is 1. The van der Waals surface area contributed by atoms with Crippen molar-refractivity contribution in [2.45, 2.75) is 37.6 Å². The molecule has 7 heteroatoms. The molecule has 2 fully saturated rings. The lowest BCUT2D eigenvalue weighted by Crippen LogP contribution is -2.32. The van der Waals surface area contributed by atoms with E-state index in [0.717, 1.165) is 36.8 Å². The second-order valence-corrected chi connectivity index (χ2v) is 7.35. The second kappa shape index (κ2) is 7.60. The molecule has 6 nitrogen and oxygen atoms in total. The predicted octanol–water partition coefficient (Wildman–Crippen LogP) is 2.85. The van der Waals surface area contributed by atoms with Gasteiger partial charge in [-0.2, -0.15) is 0 Å². The van der Waals surface area contributed by atoms with Crippen LogP contribution in [0.4, 0.5) is 10.3 Å². The number of ether oxygens (including phenoxy) is 1. The number of aromatic nitrogens is 2. The van der Waals surface area contributed by atoms with Crippen molar-refractivity contribution >= 4 is 11.9 Å². The Bertz CT molecular complexity index is 832. The molecular weight excluding hydrogens is 347 g/mol. The fourth-order valence-electron chi connectivity index (χ4n) is 3.71. The van der Waals surface area contributed by atoms with Crippen molar-refractivity contribution < 1.29 is 13.9 Å². The van der Waals surface area contributed by atoms with E-state index in [0.29, 0.717) is 30.8 Å². The van der Waals surface area contributed by atoms with E-state index in [4.69, 9.17) is 10.5 Å². The van der Waals surface area contributed by atoms with Crippen molar-refractivity contribution in [2.24, 2.45) is 11.7 Å². The number of carbonyl (C=O) groups is 1. The zero-order valence-corrected chi connectivity index (χ0v) is 15.0. The van der Waals surface area contributed by atoms with E-state index in [9.17, 15) is 9.18 Å². The van der Waals surface area contributed by atoms with Gasteiger partial charge in [0.05, 0.1) is 19.4 Å². The number of halogens is 1. The Morgan fingerprint density at radius 2 is 2.00 bits per heavy atom. The van der Waals surface area contributed by atoms with Crippen LogP contribution in [0.1, 0.15) is 37.2 Å². The van der Waals surface area contributed by atoms with Crippen molar-refractivity contribution in [3.8, 4) is 11.3 Å². The Balaban J connectivity index is 1.49. The van der Waals surface area contributed by atoms with Gasteiger partial charge in [0.15, 0.2) is 5.82 Å². The smallest absolute Gasteiger partial charge is 0.223 e. The molecule has 1 aliphatic carbocycles. The molecule has 1 aliphatic heterocycles. The Labute approximate surface area is 157 Å². The summed E-state index contributed by atoms with van der Waals surface area (Å²) in [6.07, 6.45) is 4.36. The van der Waals surface area contributed by atoms with Crippen molar-refractivity contribution in [1.82, 2.24) is 9.97 Å². The summed E-state index contributed by atoms with van der Waals surface area (Å²) in [6, 6.07) is 7.95. The second-order valence-electron chi connectivity index (χ2n) is 7.35. The standard InChI is InChI=1S/C20H23FN4O2/c21-17-9-23-20(24-16-6-4-12(5-7-16)19(22)26)25-18(17)14-3-1-2-13(8-14)15-10-27-11-15/h1-3,8-9,12,15-16H,4-7,10-11H2,(H2,22,26)(H,23,24,25). The molecule has 0 atom stereocenters. The number of carbonyl (C=O) groups excluding carboxylic acids is 1. The highest BCUT2D eigenvalue weighted by molar-refractivity contribution is 5.76. The summed E-state index contributed by atoms with van der Waals surface area (Å²) >= 11 is 0. The topological polar surface area (TPSA) is 90.1 Å². The monoisotopic (exact) mass is 370 g/mol. The minimum absolute atomic E-state index is 0.0500. The van der Waals surface area contributed by atoms with Crippen LogP contribution in [0, 0.1) is 11.7 Å². The van der Waals surface area contributed by atoms with Gasteiger partial charge in [-0.15, -0.1) is 0 Å². The molecule has 4 rings (SSSR count). The molecule has 1 aromatic carbocycles. The van der Waals surface area contributed by atoms with Crippen LogP contribution in [0.3, 0.4) is 0 Å². The molecule has 1 saturated heterocycles. The van der Waals surface area contributed by atoms with Crippen LogP contribution in [0.25, 0.3) is 11.3 Å². The predicted molar refractivity (Wildman–Crippen MR) is 99.5 cm³/mol. The molecular formula is C20H23FN4O2. The van der Waals surface area contributed by atoms with Crippen molar-refractivity contribution in [2.75, 3.05) is 18.5 Å². The van der Waals surface area contributed by atoms with Gasteiger partial charge in [0, 0.05) is 23.4 Å². The van der Waals surface area contributed by atoms with Gasteiger partial charge >= 0.3 is 0 Å². The number of rotatable bonds is 5. The van der Waals surface area contributed by atoms with Gasteiger partial charge in [-0.05, 0) is 37.3 Å². The van der Waals surface area contributed by atoms with Gasteiger partial charge in [0.2, 0.25) is 11.9 Å². The molecule has 0 unspecified atom stereocenters. The molecule has 2 aliphatic rings. The molecule has 0 spiro atoms. The molecule has 2 heterocycles. The first-order chi connectivity index (χ1) is 13.1. The average Bonchev–Trinajstić information content (AvgIpc) is 2.62. The first kappa shape index (κ1) is 17.9. The number of primary amides is 1. The lowest BCUT2D eigenvalue weighted by Gasteiger charge is -2.27. The average molecular weight is 370 g/mol. The number of nitrogens with zero attached hydrogens (tertiary/aromatic N) is 2.